The van der Waals surface area contributed by atoms with E-state index >= 15 is 0 Å². The maximum atomic E-state index is 3.46. The highest BCUT2D eigenvalue weighted by Crippen LogP contribution is 2.19. The minimum atomic E-state index is 0.984. The Hall–Kier alpha value is -1.02. The van der Waals surface area contributed by atoms with Crippen LogP contribution in [-0.4, -0.2) is 19.6 Å². The van der Waals surface area contributed by atoms with E-state index in [-0.39, 0.29) is 0 Å². The molecule has 0 unspecified atom stereocenters. The largest absolute Gasteiger partial charge is 0.372 e. The van der Waals surface area contributed by atoms with E-state index in [1.807, 2.05) is 0 Å². The van der Waals surface area contributed by atoms with E-state index < -0.39 is 0 Å². The van der Waals surface area contributed by atoms with E-state index in [4.69, 9.17) is 0 Å². The van der Waals surface area contributed by atoms with Gasteiger partial charge in [0.05, 0.1) is 0 Å². The van der Waals surface area contributed by atoms with Crippen molar-refractivity contribution in [2.45, 2.75) is 40.7 Å². The number of anilines is 1. The van der Waals surface area contributed by atoms with Gasteiger partial charge in [0.2, 0.25) is 0 Å². The minimum Gasteiger partial charge on any atom is -0.372 e. The van der Waals surface area contributed by atoms with Crippen molar-refractivity contribution in [2.75, 3.05) is 24.5 Å². The molecule has 0 aromatic heterocycles. The molecule has 1 rings (SSSR count). The summed E-state index contributed by atoms with van der Waals surface area (Å²) in [5.41, 5.74) is 4.14. The highest BCUT2D eigenvalue weighted by atomic mass is 15.1. The molecule has 0 bridgehead atoms. The summed E-state index contributed by atoms with van der Waals surface area (Å²) in [5, 5.41) is 3.46. The number of hydrogen-bond acceptors (Lipinski definition) is 2. The average Bonchev–Trinajstić information content (AvgIpc) is 2.33. The van der Waals surface area contributed by atoms with Crippen LogP contribution in [0.25, 0.3) is 0 Å². The molecular formula is C15H26N2. The number of nitrogens with zero attached hydrogens (tertiary/aromatic N) is 1. The van der Waals surface area contributed by atoms with Gasteiger partial charge in [0.15, 0.2) is 0 Å². The van der Waals surface area contributed by atoms with Gasteiger partial charge >= 0.3 is 0 Å². The van der Waals surface area contributed by atoms with Crippen molar-refractivity contribution in [3.8, 4) is 0 Å². The van der Waals surface area contributed by atoms with E-state index in [0.717, 1.165) is 26.2 Å². The van der Waals surface area contributed by atoms with Crippen molar-refractivity contribution in [1.29, 1.82) is 0 Å². The molecule has 0 spiro atoms. The van der Waals surface area contributed by atoms with E-state index in [1.54, 1.807) is 0 Å². The zero-order valence-electron chi connectivity index (χ0n) is 11.7. The van der Waals surface area contributed by atoms with Crippen molar-refractivity contribution in [1.82, 2.24) is 5.32 Å². The lowest BCUT2D eigenvalue weighted by molar-refractivity contribution is 0.673. The molecule has 2 heteroatoms. The normalized spacial score (nSPS) is 10.6. The molecule has 0 saturated carbocycles. The van der Waals surface area contributed by atoms with Crippen LogP contribution < -0.4 is 10.2 Å². The Morgan fingerprint density at radius 1 is 1.12 bits per heavy atom. The molecule has 0 aliphatic carbocycles. The van der Waals surface area contributed by atoms with Gasteiger partial charge in [-0.1, -0.05) is 13.0 Å². The number of hydrogen-bond donors (Lipinski definition) is 1. The monoisotopic (exact) mass is 234 g/mol. The van der Waals surface area contributed by atoms with Gasteiger partial charge in [-0.15, -0.1) is 0 Å². The first-order chi connectivity index (χ1) is 8.22. The number of aryl methyl sites for hydroxylation is 1. The van der Waals surface area contributed by atoms with E-state index in [2.05, 4.69) is 56.1 Å². The molecule has 1 N–H and O–H groups in total. The van der Waals surface area contributed by atoms with Gasteiger partial charge in [-0.25, -0.2) is 0 Å². The molecule has 0 atom stereocenters. The van der Waals surface area contributed by atoms with E-state index in [9.17, 15) is 0 Å². The fourth-order valence-corrected chi connectivity index (χ4v) is 2.06. The summed E-state index contributed by atoms with van der Waals surface area (Å²) >= 11 is 0. The van der Waals surface area contributed by atoms with Crippen molar-refractivity contribution in [3.63, 3.8) is 0 Å². The van der Waals surface area contributed by atoms with Gasteiger partial charge < -0.3 is 10.2 Å². The molecule has 0 saturated heterocycles. The van der Waals surface area contributed by atoms with Gasteiger partial charge in [0.1, 0.15) is 0 Å². The first kappa shape index (κ1) is 14.0. The number of benzene rings is 1. The summed E-state index contributed by atoms with van der Waals surface area (Å²) in [5.74, 6) is 0. The summed E-state index contributed by atoms with van der Waals surface area (Å²) in [6.45, 7) is 13.0. The fourth-order valence-electron chi connectivity index (χ4n) is 2.06. The number of rotatable bonds is 7. The highest BCUT2D eigenvalue weighted by Gasteiger charge is 2.04. The van der Waals surface area contributed by atoms with Gasteiger partial charge in [-0.05, 0) is 57.0 Å². The molecule has 0 aliphatic rings. The summed E-state index contributed by atoms with van der Waals surface area (Å²) in [6.07, 6.45) is 1.19. The van der Waals surface area contributed by atoms with Crippen LogP contribution in [0.2, 0.25) is 0 Å². The third kappa shape index (κ3) is 4.04. The predicted molar refractivity (Wildman–Crippen MR) is 76.7 cm³/mol. The molecule has 1 aromatic rings. The molecule has 0 heterocycles. The number of nitrogens with one attached hydrogen (secondary N) is 1. The van der Waals surface area contributed by atoms with E-state index in [0.29, 0.717) is 0 Å². The molecule has 1 aromatic carbocycles. The SMILES string of the molecule is CCCNCc1ccc(N(CC)CC)cc1C. The third-order valence-corrected chi connectivity index (χ3v) is 3.20. The summed E-state index contributed by atoms with van der Waals surface area (Å²) < 4.78 is 0. The standard InChI is InChI=1S/C15H26N2/c1-5-10-16-12-14-8-9-15(11-13(14)4)17(6-2)7-3/h8-9,11,16H,5-7,10,12H2,1-4H3. The molecule has 0 amide bonds. The lowest BCUT2D eigenvalue weighted by Gasteiger charge is -2.22. The fraction of sp³-hybridized carbons (Fsp3) is 0.600. The van der Waals surface area contributed by atoms with Crippen LogP contribution in [0.5, 0.6) is 0 Å². The zero-order valence-corrected chi connectivity index (χ0v) is 11.7. The molecule has 0 fully saturated rings. The molecule has 2 nitrogen and oxygen atoms in total. The third-order valence-electron chi connectivity index (χ3n) is 3.20. The van der Waals surface area contributed by atoms with E-state index in [1.165, 1.54) is 23.2 Å². The Morgan fingerprint density at radius 3 is 2.35 bits per heavy atom. The highest BCUT2D eigenvalue weighted by molar-refractivity contribution is 5.50. The molecule has 17 heavy (non-hydrogen) atoms. The van der Waals surface area contributed by atoms with Crippen LogP contribution in [0.1, 0.15) is 38.3 Å². The lowest BCUT2D eigenvalue weighted by Crippen LogP contribution is -2.22. The van der Waals surface area contributed by atoms with Gasteiger partial charge in [0.25, 0.3) is 0 Å². The second-order valence-electron chi connectivity index (χ2n) is 4.46. The molecule has 0 aliphatic heterocycles. The van der Waals surface area contributed by atoms with Crippen LogP contribution in [0, 0.1) is 6.92 Å². The second-order valence-corrected chi connectivity index (χ2v) is 4.46. The van der Waals surface area contributed by atoms with Crippen LogP contribution in [-0.2, 0) is 6.54 Å². The Bertz CT molecular complexity index is 330. The predicted octanol–water partition coefficient (Wildman–Crippen LogP) is 3.34. The Labute approximate surface area is 106 Å². The first-order valence-corrected chi connectivity index (χ1v) is 6.78. The van der Waals surface area contributed by atoms with Crippen LogP contribution in [0.3, 0.4) is 0 Å². The zero-order chi connectivity index (χ0) is 12.7. The van der Waals surface area contributed by atoms with Crippen molar-refractivity contribution in [3.05, 3.63) is 29.3 Å². The Morgan fingerprint density at radius 2 is 1.82 bits per heavy atom. The quantitative estimate of drug-likeness (QED) is 0.728. The van der Waals surface area contributed by atoms with Gasteiger partial charge in [0, 0.05) is 25.3 Å². The van der Waals surface area contributed by atoms with Crippen molar-refractivity contribution < 1.29 is 0 Å². The topological polar surface area (TPSA) is 15.3 Å². The first-order valence-electron chi connectivity index (χ1n) is 6.78. The van der Waals surface area contributed by atoms with Gasteiger partial charge in [-0.2, -0.15) is 0 Å². The Kier molecular flexibility index (Phi) is 6.06. The average molecular weight is 234 g/mol. The molecule has 0 radical (unpaired) electrons. The summed E-state index contributed by atoms with van der Waals surface area (Å²) in [4.78, 5) is 2.39. The smallest absolute Gasteiger partial charge is 0.0368 e. The van der Waals surface area contributed by atoms with Crippen molar-refractivity contribution >= 4 is 5.69 Å². The van der Waals surface area contributed by atoms with Crippen LogP contribution in [0.4, 0.5) is 5.69 Å². The van der Waals surface area contributed by atoms with Crippen LogP contribution in [0.15, 0.2) is 18.2 Å². The van der Waals surface area contributed by atoms with Crippen molar-refractivity contribution in [2.24, 2.45) is 0 Å². The summed E-state index contributed by atoms with van der Waals surface area (Å²) in [7, 11) is 0. The second kappa shape index (κ2) is 7.33. The van der Waals surface area contributed by atoms with Crippen LogP contribution >= 0.6 is 0 Å². The maximum Gasteiger partial charge on any atom is 0.0368 e. The maximum absolute atomic E-state index is 3.46. The summed E-state index contributed by atoms with van der Waals surface area (Å²) in [6, 6.07) is 6.80. The molecular weight excluding hydrogens is 208 g/mol. The minimum absolute atomic E-state index is 0.984. The Balaban J connectivity index is 2.71. The lowest BCUT2D eigenvalue weighted by atomic mass is 10.1. The van der Waals surface area contributed by atoms with Gasteiger partial charge in [-0.3, -0.25) is 0 Å². The molecule has 96 valence electrons.